The van der Waals surface area contributed by atoms with Crippen LogP contribution < -0.4 is 0 Å². The van der Waals surface area contributed by atoms with E-state index in [9.17, 15) is 24.6 Å². The maximum Gasteiger partial charge on any atom is 0.338 e. The van der Waals surface area contributed by atoms with Crippen molar-refractivity contribution < 1.29 is 38.8 Å². The molecule has 8 heteroatoms. The van der Waals surface area contributed by atoms with Crippen LogP contribution in [0.1, 0.15) is 27.6 Å². The number of aliphatic hydroxyl groups excluding tert-OH is 1. The van der Waals surface area contributed by atoms with E-state index in [-0.39, 0.29) is 11.1 Å². The molecule has 1 aliphatic rings. The van der Waals surface area contributed by atoms with Gasteiger partial charge in [0.25, 0.3) is 0 Å². The molecule has 0 aromatic heterocycles. The third-order valence-electron chi connectivity index (χ3n) is 4.78. The Balaban J connectivity index is 1.78. The van der Waals surface area contributed by atoms with Crippen LogP contribution >= 0.6 is 0 Å². The Morgan fingerprint density at radius 1 is 0.871 bits per heavy atom. The van der Waals surface area contributed by atoms with Gasteiger partial charge >= 0.3 is 17.9 Å². The summed E-state index contributed by atoms with van der Waals surface area (Å²) in [5.41, 5.74) is -1.75. The van der Waals surface area contributed by atoms with Gasteiger partial charge in [0, 0.05) is 6.92 Å². The lowest BCUT2D eigenvalue weighted by Gasteiger charge is -2.41. The van der Waals surface area contributed by atoms with E-state index in [2.05, 4.69) is 0 Å². The molecule has 1 aliphatic carbocycles. The Kier molecular flexibility index (Phi) is 6.84. The summed E-state index contributed by atoms with van der Waals surface area (Å²) in [7, 11) is 0. The average molecular weight is 426 g/mol. The van der Waals surface area contributed by atoms with Crippen molar-refractivity contribution in [3.63, 3.8) is 0 Å². The Morgan fingerprint density at radius 3 is 1.97 bits per heavy atom. The standard InChI is InChI=1S/C23H22O8/c1-15(24)30-19-13-12-18(31-22(27)17-10-6-3-7-11-17)20(25)23(19,28)14-29-21(26)16-8-4-2-5-9-16/h2-13,18-20,25,28H,14H2,1H3/t18-,19+,20+,23-/m1/s1. The van der Waals surface area contributed by atoms with Crippen LogP contribution in [0.2, 0.25) is 0 Å². The lowest BCUT2D eigenvalue weighted by molar-refractivity contribution is -0.199. The Hall–Kier alpha value is -3.49. The summed E-state index contributed by atoms with van der Waals surface area (Å²) in [6, 6.07) is 16.2. The number of hydrogen-bond donors (Lipinski definition) is 2. The lowest BCUT2D eigenvalue weighted by Crippen LogP contribution is -2.62. The molecule has 0 saturated carbocycles. The van der Waals surface area contributed by atoms with Gasteiger partial charge in [-0.3, -0.25) is 4.79 Å². The highest BCUT2D eigenvalue weighted by Crippen LogP contribution is 2.30. The predicted molar refractivity (Wildman–Crippen MR) is 108 cm³/mol. The zero-order chi connectivity index (χ0) is 22.4. The highest BCUT2D eigenvalue weighted by molar-refractivity contribution is 5.90. The van der Waals surface area contributed by atoms with Gasteiger partial charge in [0.2, 0.25) is 0 Å². The van der Waals surface area contributed by atoms with E-state index in [4.69, 9.17) is 14.2 Å². The second-order valence-corrected chi connectivity index (χ2v) is 7.03. The molecule has 2 aromatic carbocycles. The summed E-state index contributed by atoms with van der Waals surface area (Å²) in [6.07, 6.45) is -1.73. The van der Waals surface area contributed by atoms with Gasteiger partial charge in [-0.2, -0.15) is 0 Å². The van der Waals surface area contributed by atoms with Gasteiger partial charge < -0.3 is 24.4 Å². The maximum atomic E-state index is 12.4. The molecule has 2 aromatic rings. The minimum absolute atomic E-state index is 0.239. The molecule has 0 saturated heterocycles. The molecule has 4 atom stereocenters. The number of benzene rings is 2. The van der Waals surface area contributed by atoms with Crippen molar-refractivity contribution in [2.45, 2.75) is 30.8 Å². The highest BCUT2D eigenvalue weighted by atomic mass is 16.6. The van der Waals surface area contributed by atoms with Crippen molar-refractivity contribution >= 4 is 17.9 Å². The quantitative estimate of drug-likeness (QED) is 0.407. The second-order valence-electron chi connectivity index (χ2n) is 7.03. The molecule has 0 heterocycles. The average Bonchev–Trinajstić information content (AvgIpc) is 2.78. The molecule has 0 bridgehead atoms. The smallest absolute Gasteiger partial charge is 0.338 e. The molecule has 0 fully saturated rings. The summed E-state index contributed by atoms with van der Waals surface area (Å²) in [5.74, 6) is -2.17. The normalized spacial score (nSPS) is 24.8. The van der Waals surface area contributed by atoms with Crippen LogP contribution in [0.15, 0.2) is 72.8 Å². The number of esters is 3. The third kappa shape index (κ3) is 5.17. The fourth-order valence-corrected chi connectivity index (χ4v) is 3.13. The van der Waals surface area contributed by atoms with Crippen LogP contribution in [0.5, 0.6) is 0 Å². The van der Waals surface area contributed by atoms with E-state index in [1.54, 1.807) is 36.4 Å². The third-order valence-corrected chi connectivity index (χ3v) is 4.78. The minimum atomic E-state index is -2.24. The van der Waals surface area contributed by atoms with Crippen LogP contribution in [0.4, 0.5) is 0 Å². The van der Waals surface area contributed by atoms with E-state index in [1.165, 1.54) is 36.4 Å². The van der Waals surface area contributed by atoms with Crippen LogP contribution in [-0.4, -0.2) is 58.6 Å². The van der Waals surface area contributed by atoms with Crippen molar-refractivity contribution in [1.29, 1.82) is 0 Å². The summed E-state index contributed by atoms with van der Waals surface area (Å²) >= 11 is 0. The van der Waals surface area contributed by atoms with Gasteiger partial charge in [0.15, 0.2) is 11.7 Å². The molecule has 0 spiro atoms. The molecular weight excluding hydrogens is 404 g/mol. The van der Waals surface area contributed by atoms with E-state index < -0.39 is 48.4 Å². The minimum Gasteiger partial charge on any atom is -0.459 e. The van der Waals surface area contributed by atoms with Gasteiger partial charge in [0.1, 0.15) is 18.8 Å². The lowest BCUT2D eigenvalue weighted by atomic mass is 9.82. The van der Waals surface area contributed by atoms with Crippen molar-refractivity contribution in [2.24, 2.45) is 0 Å². The van der Waals surface area contributed by atoms with E-state index >= 15 is 0 Å². The molecule has 0 unspecified atom stereocenters. The zero-order valence-corrected chi connectivity index (χ0v) is 16.7. The number of carbonyl (C=O) groups excluding carboxylic acids is 3. The zero-order valence-electron chi connectivity index (χ0n) is 16.7. The van der Waals surface area contributed by atoms with Gasteiger partial charge in [0.05, 0.1) is 11.1 Å². The van der Waals surface area contributed by atoms with Crippen molar-refractivity contribution in [3.05, 3.63) is 83.9 Å². The van der Waals surface area contributed by atoms with Gasteiger partial charge in [-0.1, -0.05) is 36.4 Å². The fourth-order valence-electron chi connectivity index (χ4n) is 3.13. The predicted octanol–water partition coefficient (Wildman–Crippen LogP) is 1.66. The largest absolute Gasteiger partial charge is 0.459 e. The van der Waals surface area contributed by atoms with Crippen LogP contribution in [0.25, 0.3) is 0 Å². The molecule has 162 valence electrons. The van der Waals surface area contributed by atoms with Gasteiger partial charge in [-0.25, -0.2) is 9.59 Å². The topological polar surface area (TPSA) is 119 Å². The SMILES string of the molecule is CC(=O)O[C@H]1C=C[C@@H](OC(=O)c2ccccc2)[C@H](O)[C@@]1(O)COC(=O)c1ccccc1. The van der Waals surface area contributed by atoms with Crippen LogP contribution in [0.3, 0.4) is 0 Å². The molecule has 2 N–H and O–H groups in total. The molecule has 0 radical (unpaired) electrons. The summed E-state index contributed by atoms with van der Waals surface area (Å²) < 4.78 is 15.6. The maximum absolute atomic E-state index is 12.4. The van der Waals surface area contributed by atoms with E-state index in [0.717, 1.165) is 6.92 Å². The number of hydrogen-bond acceptors (Lipinski definition) is 8. The van der Waals surface area contributed by atoms with Crippen molar-refractivity contribution in [3.8, 4) is 0 Å². The van der Waals surface area contributed by atoms with Crippen LogP contribution in [0, 0.1) is 0 Å². The molecule has 0 amide bonds. The first-order valence-corrected chi connectivity index (χ1v) is 9.55. The van der Waals surface area contributed by atoms with Crippen molar-refractivity contribution in [2.75, 3.05) is 6.61 Å². The van der Waals surface area contributed by atoms with Gasteiger partial charge in [-0.15, -0.1) is 0 Å². The van der Waals surface area contributed by atoms with Gasteiger partial charge in [-0.05, 0) is 36.4 Å². The van der Waals surface area contributed by atoms with E-state index in [1.807, 2.05) is 0 Å². The molecule has 3 rings (SSSR count). The number of ether oxygens (including phenoxy) is 3. The Labute approximate surface area is 178 Å². The number of carbonyl (C=O) groups is 3. The first-order chi connectivity index (χ1) is 14.8. The molecular formula is C23H22O8. The van der Waals surface area contributed by atoms with E-state index in [0.29, 0.717) is 0 Å². The molecule has 31 heavy (non-hydrogen) atoms. The highest BCUT2D eigenvalue weighted by Gasteiger charge is 2.52. The Bertz CT molecular complexity index is 956. The Morgan fingerprint density at radius 2 is 1.42 bits per heavy atom. The summed E-state index contributed by atoms with van der Waals surface area (Å²) in [5, 5.41) is 21.9. The fraction of sp³-hybridized carbons (Fsp3) is 0.261. The molecule has 0 aliphatic heterocycles. The van der Waals surface area contributed by atoms with Crippen molar-refractivity contribution in [1.82, 2.24) is 0 Å². The number of rotatable bonds is 6. The molecule has 8 nitrogen and oxygen atoms in total. The monoisotopic (exact) mass is 426 g/mol. The second kappa shape index (κ2) is 9.55. The number of aliphatic hydroxyl groups is 2. The first kappa shape index (κ1) is 22.2. The first-order valence-electron chi connectivity index (χ1n) is 9.55. The summed E-state index contributed by atoms with van der Waals surface area (Å²) in [4.78, 5) is 36.1. The van der Waals surface area contributed by atoms with Crippen LogP contribution in [-0.2, 0) is 19.0 Å². The summed E-state index contributed by atoms with van der Waals surface area (Å²) in [6.45, 7) is 0.432.